The van der Waals surface area contributed by atoms with E-state index >= 15 is 0 Å². The molecular formula is C14H19FN2O3. The maximum Gasteiger partial charge on any atom is 0.239 e. The van der Waals surface area contributed by atoms with Crippen LogP contribution in [0.4, 0.5) is 4.39 Å². The van der Waals surface area contributed by atoms with Crippen LogP contribution in [-0.4, -0.2) is 48.3 Å². The lowest BCUT2D eigenvalue weighted by Gasteiger charge is -2.29. The number of hydrogen-bond donors (Lipinski definition) is 2. The summed E-state index contributed by atoms with van der Waals surface area (Å²) in [6.07, 6.45) is 0. The summed E-state index contributed by atoms with van der Waals surface area (Å²) in [4.78, 5) is 13.9. The summed E-state index contributed by atoms with van der Waals surface area (Å²) in [6, 6.07) is 3.49. The molecule has 1 aliphatic heterocycles. The highest BCUT2D eigenvalue weighted by atomic mass is 19.1. The monoisotopic (exact) mass is 282 g/mol. The van der Waals surface area contributed by atoms with Crippen molar-refractivity contribution in [3.05, 3.63) is 29.6 Å². The Bertz CT molecular complexity index is 455. The van der Waals surface area contributed by atoms with E-state index < -0.39 is 5.82 Å². The second-order valence-corrected chi connectivity index (χ2v) is 4.86. The summed E-state index contributed by atoms with van der Waals surface area (Å²) < 4.78 is 18.3. The van der Waals surface area contributed by atoms with Gasteiger partial charge in [-0.2, -0.15) is 0 Å². The van der Waals surface area contributed by atoms with E-state index in [1.165, 1.54) is 12.1 Å². The summed E-state index contributed by atoms with van der Waals surface area (Å²) in [7, 11) is 0. The molecule has 20 heavy (non-hydrogen) atoms. The molecule has 1 atom stereocenters. The van der Waals surface area contributed by atoms with Gasteiger partial charge in [0.2, 0.25) is 5.91 Å². The number of morpholine rings is 1. The Kier molecular flexibility index (Phi) is 4.92. The summed E-state index contributed by atoms with van der Waals surface area (Å²) in [5.41, 5.74) is 0.601. The molecule has 1 saturated heterocycles. The van der Waals surface area contributed by atoms with Crippen LogP contribution in [0.3, 0.4) is 0 Å². The minimum absolute atomic E-state index is 0.00826. The second kappa shape index (κ2) is 6.67. The lowest BCUT2D eigenvalue weighted by molar-refractivity contribution is -0.137. The normalized spacial score (nSPS) is 17.0. The number of ether oxygens (including phenoxy) is 1. The fourth-order valence-corrected chi connectivity index (χ4v) is 2.15. The highest BCUT2D eigenvalue weighted by molar-refractivity contribution is 5.81. The van der Waals surface area contributed by atoms with Crippen LogP contribution in [-0.2, 0) is 16.1 Å². The van der Waals surface area contributed by atoms with Crippen LogP contribution in [0.5, 0.6) is 5.75 Å². The van der Waals surface area contributed by atoms with E-state index in [1.807, 2.05) is 0 Å². The van der Waals surface area contributed by atoms with Crippen molar-refractivity contribution in [1.29, 1.82) is 0 Å². The van der Waals surface area contributed by atoms with Crippen LogP contribution in [0.25, 0.3) is 0 Å². The number of phenols is 1. The molecule has 0 radical (unpaired) electrons. The molecule has 0 bridgehead atoms. The van der Waals surface area contributed by atoms with Crippen molar-refractivity contribution in [3.63, 3.8) is 0 Å². The van der Waals surface area contributed by atoms with E-state index in [9.17, 15) is 14.3 Å². The number of hydrogen-bond acceptors (Lipinski definition) is 4. The molecule has 1 amide bonds. The molecule has 1 aromatic carbocycles. The molecule has 1 aliphatic rings. The minimum Gasteiger partial charge on any atom is -0.508 e. The van der Waals surface area contributed by atoms with Gasteiger partial charge in [0.1, 0.15) is 11.6 Å². The van der Waals surface area contributed by atoms with Crippen LogP contribution in [0.15, 0.2) is 18.2 Å². The van der Waals surface area contributed by atoms with Crippen molar-refractivity contribution in [2.75, 3.05) is 26.3 Å². The van der Waals surface area contributed by atoms with Gasteiger partial charge in [0.15, 0.2) is 0 Å². The average molecular weight is 282 g/mol. The first kappa shape index (κ1) is 14.7. The number of rotatable bonds is 4. The predicted octanol–water partition coefficient (Wildman–Crippen LogP) is 0.868. The van der Waals surface area contributed by atoms with E-state index in [4.69, 9.17) is 4.74 Å². The van der Waals surface area contributed by atoms with Gasteiger partial charge in [-0.3, -0.25) is 4.79 Å². The third-order valence-electron chi connectivity index (χ3n) is 3.25. The van der Waals surface area contributed by atoms with Gasteiger partial charge >= 0.3 is 0 Å². The predicted molar refractivity (Wildman–Crippen MR) is 71.8 cm³/mol. The third-order valence-corrected chi connectivity index (χ3v) is 3.25. The van der Waals surface area contributed by atoms with Crippen LogP contribution in [0, 0.1) is 5.82 Å². The van der Waals surface area contributed by atoms with Gasteiger partial charge in [-0.1, -0.05) is 0 Å². The standard InChI is InChI=1S/C14H19FN2O3/c1-10(14(19)17-2-4-20-5-3-17)16-9-11-6-12(15)8-13(18)7-11/h6-8,10,16,18H,2-5,9H2,1H3. The number of amides is 1. The molecule has 1 aromatic rings. The fourth-order valence-electron chi connectivity index (χ4n) is 2.15. The molecular weight excluding hydrogens is 263 g/mol. The quantitative estimate of drug-likeness (QED) is 0.860. The summed E-state index contributed by atoms with van der Waals surface area (Å²) >= 11 is 0. The van der Waals surface area contributed by atoms with Gasteiger partial charge in [-0.25, -0.2) is 4.39 Å². The molecule has 1 unspecified atom stereocenters. The van der Waals surface area contributed by atoms with Gasteiger partial charge in [-0.05, 0) is 24.6 Å². The van der Waals surface area contributed by atoms with Gasteiger partial charge < -0.3 is 20.1 Å². The van der Waals surface area contributed by atoms with E-state index in [2.05, 4.69) is 5.32 Å². The Hall–Kier alpha value is -1.66. The van der Waals surface area contributed by atoms with Gasteiger partial charge in [-0.15, -0.1) is 0 Å². The zero-order chi connectivity index (χ0) is 14.5. The molecule has 1 fully saturated rings. The molecule has 2 N–H and O–H groups in total. The number of carbonyl (C=O) groups excluding carboxylic acids is 1. The van der Waals surface area contributed by atoms with Crippen LogP contribution in [0.1, 0.15) is 12.5 Å². The third kappa shape index (κ3) is 3.91. The minimum atomic E-state index is -0.492. The maximum atomic E-state index is 13.1. The lowest BCUT2D eigenvalue weighted by Crippen LogP contribution is -2.49. The molecule has 0 aliphatic carbocycles. The van der Waals surface area contributed by atoms with Crippen molar-refractivity contribution in [3.8, 4) is 5.75 Å². The zero-order valence-electron chi connectivity index (χ0n) is 11.4. The first-order chi connectivity index (χ1) is 9.56. The number of carbonyl (C=O) groups is 1. The first-order valence-electron chi connectivity index (χ1n) is 6.64. The molecule has 110 valence electrons. The second-order valence-electron chi connectivity index (χ2n) is 4.86. The van der Waals surface area contributed by atoms with Crippen LogP contribution < -0.4 is 5.32 Å². The number of nitrogens with one attached hydrogen (secondary N) is 1. The maximum absolute atomic E-state index is 13.1. The molecule has 2 rings (SSSR count). The van der Waals surface area contributed by atoms with Crippen LogP contribution in [0.2, 0.25) is 0 Å². The zero-order valence-corrected chi connectivity index (χ0v) is 11.4. The number of aromatic hydroxyl groups is 1. The summed E-state index contributed by atoms with van der Waals surface area (Å²) in [5.74, 6) is -0.600. The Morgan fingerprint density at radius 3 is 2.80 bits per heavy atom. The number of benzene rings is 1. The van der Waals surface area contributed by atoms with E-state index in [1.54, 1.807) is 11.8 Å². The van der Waals surface area contributed by atoms with Gasteiger partial charge in [0, 0.05) is 25.7 Å². The van der Waals surface area contributed by atoms with Crippen molar-refractivity contribution >= 4 is 5.91 Å². The van der Waals surface area contributed by atoms with E-state index in [0.717, 1.165) is 6.07 Å². The molecule has 0 spiro atoms. The lowest BCUT2D eigenvalue weighted by atomic mass is 10.2. The van der Waals surface area contributed by atoms with Crippen molar-refractivity contribution < 1.29 is 19.0 Å². The van der Waals surface area contributed by atoms with Gasteiger partial charge in [0.05, 0.1) is 19.3 Å². The number of nitrogens with zero attached hydrogens (tertiary/aromatic N) is 1. The van der Waals surface area contributed by atoms with Crippen molar-refractivity contribution in [1.82, 2.24) is 10.2 Å². The number of phenolic OH excluding ortho intramolecular Hbond substituents is 1. The van der Waals surface area contributed by atoms with Crippen molar-refractivity contribution in [2.24, 2.45) is 0 Å². The SMILES string of the molecule is CC(NCc1cc(O)cc(F)c1)C(=O)N1CCOCC1. The molecule has 0 aromatic heterocycles. The summed E-state index contributed by atoms with van der Waals surface area (Å²) in [6.45, 7) is 4.43. The van der Waals surface area contributed by atoms with Gasteiger partial charge in [0.25, 0.3) is 0 Å². The first-order valence-corrected chi connectivity index (χ1v) is 6.64. The molecule has 5 nitrogen and oxygen atoms in total. The Morgan fingerprint density at radius 2 is 2.15 bits per heavy atom. The Labute approximate surface area is 117 Å². The molecule has 1 heterocycles. The highest BCUT2D eigenvalue weighted by Gasteiger charge is 2.21. The van der Waals surface area contributed by atoms with E-state index in [0.29, 0.717) is 38.4 Å². The summed E-state index contributed by atoms with van der Waals surface area (Å²) in [5, 5.41) is 12.4. The topological polar surface area (TPSA) is 61.8 Å². The molecule has 6 heteroatoms. The van der Waals surface area contributed by atoms with Crippen molar-refractivity contribution in [2.45, 2.75) is 19.5 Å². The average Bonchev–Trinajstić information content (AvgIpc) is 2.44. The van der Waals surface area contributed by atoms with Crippen LogP contribution >= 0.6 is 0 Å². The Morgan fingerprint density at radius 1 is 1.45 bits per heavy atom. The number of halogens is 1. The highest BCUT2D eigenvalue weighted by Crippen LogP contribution is 2.14. The molecule has 0 saturated carbocycles. The fraction of sp³-hybridized carbons (Fsp3) is 0.500. The smallest absolute Gasteiger partial charge is 0.239 e. The van der Waals surface area contributed by atoms with E-state index in [-0.39, 0.29) is 17.7 Å². The largest absolute Gasteiger partial charge is 0.508 e. The Balaban J connectivity index is 1.87.